The maximum atomic E-state index is 12.1. The van der Waals surface area contributed by atoms with Gasteiger partial charge in [-0.05, 0) is 42.7 Å². The highest BCUT2D eigenvalue weighted by molar-refractivity contribution is 5.86. The molecule has 0 bridgehead atoms. The first kappa shape index (κ1) is 22.5. The van der Waals surface area contributed by atoms with E-state index in [1.54, 1.807) is 26.1 Å². The molecule has 1 aliphatic heterocycles. The molecule has 1 aliphatic rings. The average Bonchev–Trinajstić information content (AvgIpc) is 2.81. The molecule has 1 saturated heterocycles. The lowest BCUT2D eigenvalue weighted by molar-refractivity contribution is -0.127. The van der Waals surface area contributed by atoms with Crippen molar-refractivity contribution in [1.29, 1.82) is 0 Å². The van der Waals surface area contributed by atoms with Gasteiger partial charge in [-0.1, -0.05) is 30.3 Å². The molecule has 2 aromatic carbocycles. The molecular formula is C24H33N5O2. The molecule has 0 aliphatic carbocycles. The van der Waals surface area contributed by atoms with E-state index in [9.17, 15) is 4.79 Å². The standard InChI is InChI=1S/C24H33N5O2/c1-28(2)23(30)17-26-24(25-16-19-11-13-22(31-3)14-12-19)27-20-8-7-15-29(18-20)21-9-5-4-6-10-21/h4-6,9-14,20H,7-8,15-18H2,1-3H3,(H2,25,26,27). The monoisotopic (exact) mass is 423 g/mol. The van der Waals surface area contributed by atoms with Gasteiger partial charge in [0, 0.05) is 38.9 Å². The lowest BCUT2D eigenvalue weighted by Gasteiger charge is -2.35. The van der Waals surface area contributed by atoms with Gasteiger partial charge in [-0.2, -0.15) is 0 Å². The molecule has 166 valence electrons. The predicted octanol–water partition coefficient (Wildman–Crippen LogP) is 2.49. The summed E-state index contributed by atoms with van der Waals surface area (Å²) in [7, 11) is 5.17. The van der Waals surface area contributed by atoms with Crippen LogP contribution in [0.25, 0.3) is 0 Å². The third-order valence-corrected chi connectivity index (χ3v) is 5.37. The molecule has 0 radical (unpaired) electrons. The van der Waals surface area contributed by atoms with Crippen LogP contribution in [0.3, 0.4) is 0 Å². The van der Waals surface area contributed by atoms with Crippen molar-refractivity contribution in [2.24, 2.45) is 4.99 Å². The van der Waals surface area contributed by atoms with Crippen LogP contribution in [0.1, 0.15) is 18.4 Å². The van der Waals surface area contributed by atoms with Crippen molar-refractivity contribution in [3.63, 3.8) is 0 Å². The van der Waals surface area contributed by atoms with Gasteiger partial charge in [-0.3, -0.25) is 4.79 Å². The number of para-hydroxylation sites is 1. The summed E-state index contributed by atoms with van der Waals surface area (Å²) in [4.78, 5) is 20.8. The van der Waals surface area contributed by atoms with E-state index in [4.69, 9.17) is 9.73 Å². The van der Waals surface area contributed by atoms with Gasteiger partial charge in [0.2, 0.25) is 5.91 Å². The highest BCUT2D eigenvalue weighted by Crippen LogP contribution is 2.19. The molecule has 1 unspecified atom stereocenters. The number of carbonyl (C=O) groups excluding carboxylic acids is 1. The zero-order valence-electron chi connectivity index (χ0n) is 18.7. The number of likely N-dealkylation sites (N-methyl/N-ethyl adjacent to an activating group) is 1. The highest BCUT2D eigenvalue weighted by atomic mass is 16.5. The van der Waals surface area contributed by atoms with E-state index in [1.165, 1.54) is 5.69 Å². The van der Waals surface area contributed by atoms with Gasteiger partial charge >= 0.3 is 0 Å². The van der Waals surface area contributed by atoms with Gasteiger partial charge in [0.05, 0.1) is 20.2 Å². The number of nitrogens with zero attached hydrogens (tertiary/aromatic N) is 3. The smallest absolute Gasteiger partial charge is 0.241 e. The number of hydrogen-bond donors (Lipinski definition) is 2. The van der Waals surface area contributed by atoms with Gasteiger partial charge in [0.25, 0.3) is 0 Å². The minimum atomic E-state index is 0.00787. The second-order valence-electron chi connectivity index (χ2n) is 7.92. The van der Waals surface area contributed by atoms with Crippen molar-refractivity contribution >= 4 is 17.6 Å². The SMILES string of the molecule is COc1ccc(CN=C(NCC(=O)N(C)C)NC2CCCN(c3ccccc3)C2)cc1. The fraction of sp³-hybridized carbons (Fsp3) is 0.417. The van der Waals surface area contributed by atoms with Crippen LogP contribution in [0.4, 0.5) is 5.69 Å². The van der Waals surface area contributed by atoms with Gasteiger partial charge in [0.15, 0.2) is 5.96 Å². The number of ether oxygens (including phenoxy) is 1. The van der Waals surface area contributed by atoms with Crippen molar-refractivity contribution in [1.82, 2.24) is 15.5 Å². The number of amides is 1. The Hall–Kier alpha value is -3.22. The fourth-order valence-corrected chi connectivity index (χ4v) is 3.53. The Balaban J connectivity index is 1.66. The van der Waals surface area contributed by atoms with Crippen molar-refractivity contribution in [3.05, 3.63) is 60.2 Å². The molecular weight excluding hydrogens is 390 g/mol. The number of carbonyl (C=O) groups is 1. The predicted molar refractivity (Wildman–Crippen MR) is 126 cm³/mol. The number of methoxy groups -OCH3 is 1. The summed E-state index contributed by atoms with van der Waals surface area (Å²) in [5.74, 6) is 1.49. The number of nitrogens with one attached hydrogen (secondary N) is 2. The molecule has 1 fully saturated rings. The molecule has 7 nitrogen and oxygen atoms in total. The van der Waals surface area contributed by atoms with Crippen LogP contribution in [0.5, 0.6) is 5.75 Å². The Labute approximate surface area is 185 Å². The molecule has 7 heteroatoms. The minimum absolute atomic E-state index is 0.00787. The maximum Gasteiger partial charge on any atom is 0.241 e. The van der Waals surface area contributed by atoms with E-state index in [0.717, 1.165) is 37.2 Å². The van der Waals surface area contributed by atoms with E-state index in [-0.39, 0.29) is 18.5 Å². The van der Waals surface area contributed by atoms with E-state index < -0.39 is 0 Å². The third-order valence-electron chi connectivity index (χ3n) is 5.37. The van der Waals surface area contributed by atoms with Crippen molar-refractivity contribution < 1.29 is 9.53 Å². The summed E-state index contributed by atoms with van der Waals surface area (Å²) in [6.45, 7) is 2.67. The summed E-state index contributed by atoms with van der Waals surface area (Å²) >= 11 is 0. The lowest BCUT2D eigenvalue weighted by atomic mass is 10.1. The maximum absolute atomic E-state index is 12.1. The number of anilines is 1. The summed E-state index contributed by atoms with van der Waals surface area (Å²) < 4.78 is 5.22. The number of hydrogen-bond acceptors (Lipinski definition) is 4. The normalized spacial score (nSPS) is 16.5. The van der Waals surface area contributed by atoms with Gasteiger partial charge in [-0.25, -0.2) is 4.99 Å². The summed E-state index contributed by atoms with van der Waals surface area (Å²) in [5.41, 5.74) is 2.32. The average molecular weight is 424 g/mol. The van der Waals surface area contributed by atoms with E-state index in [0.29, 0.717) is 12.5 Å². The first-order chi connectivity index (χ1) is 15.0. The Morgan fingerprint density at radius 2 is 1.90 bits per heavy atom. The molecule has 2 N–H and O–H groups in total. The summed E-state index contributed by atoms with van der Waals surface area (Å²) in [6.07, 6.45) is 2.17. The number of piperidine rings is 1. The zero-order valence-corrected chi connectivity index (χ0v) is 18.7. The number of guanidine groups is 1. The van der Waals surface area contributed by atoms with Crippen molar-refractivity contribution in [2.45, 2.75) is 25.4 Å². The van der Waals surface area contributed by atoms with Crippen LogP contribution in [-0.4, -0.2) is 63.6 Å². The first-order valence-electron chi connectivity index (χ1n) is 10.7. The minimum Gasteiger partial charge on any atom is -0.497 e. The number of benzene rings is 2. The number of aliphatic imine (C=N–C) groups is 1. The largest absolute Gasteiger partial charge is 0.497 e. The van der Waals surface area contributed by atoms with Crippen LogP contribution in [0, 0.1) is 0 Å². The molecule has 0 saturated carbocycles. The molecule has 0 aromatic heterocycles. The van der Waals surface area contributed by atoms with Crippen LogP contribution < -0.4 is 20.3 Å². The molecule has 2 aromatic rings. The van der Waals surface area contributed by atoms with Gasteiger partial charge < -0.3 is 25.2 Å². The van der Waals surface area contributed by atoms with E-state index in [2.05, 4.69) is 39.8 Å². The Morgan fingerprint density at radius 1 is 1.16 bits per heavy atom. The molecule has 0 spiro atoms. The van der Waals surface area contributed by atoms with E-state index in [1.807, 2.05) is 30.3 Å². The second-order valence-corrected chi connectivity index (χ2v) is 7.92. The Morgan fingerprint density at radius 3 is 2.58 bits per heavy atom. The lowest BCUT2D eigenvalue weighted by Crippen LogP contribution is -2.52. The molecule has 31 heavy (non-hydrogen) atoms. The quantitative estimate of drug-likeness (QED) is 0.529. The van der Waals surface area contributed by atoms with Gasteiger partial charge in [-0.15, -0.1) is 0 Å². The van der Waals surface area contributed by atoms with Gasteiger partial charge in [0.1, 0.15) is 5.75 Å². The van der Waals surface area contributed by atoms with E-state index >= 15 is 0 Å². The summed E-state index contributed by atoms with van der Waals surface area (Å²) in [5, 5.41) is 6.74. The fourth-order valence-electron chi connectivity index (χ4n) is 3.53. The van der Waals surface area contributed by atoms with Crippen LogP contribution in [0.15, 0.2) is 59.6 Å². The first-order valence-corrected chi connectivity index (χ1v) is 10.7. The molecule has 1 atom stereocenters. The second kappa shape index (κ2) is 11.2. The number of rotatable bonds is 7. The zero-order chi connectivity index (χ0) is 22.1. The van der Waals surface area contributed by atoms with Crippen molar-refractivity contribution in [2.75, 3.05) is 45.7 Å². The molecule has 1 amide bonds. The van der Waals surface area contributed by atoms with Crippen molar-refractivity contribution in [3.8, 4) is 5.75 Å². The highest BCUT2D eigenvalue weighted by Gasteiger charge is 2.21. The van der Waals surface area contributed by atoms with Crippen LogP contribution >= 0.6 is 0 Å². The Bertz CT molecular complexity index is 852. The Kier molecular flexibility index (Phi) is 8.15. The van der Waals surface area contributed by atoms with Crippen LogP contribution in [-0.2, 0) is 11.3 Å². The third kappa shape index (κ3) is 6.91. The molecule has 3 rings (SSSR count). The van der Waals surface area contributed by atoms with Crippen LogP contribution in [0.2, 0.25) is 0 Å². The topological polar surface area (TPSA) is 69.2 Å². The summed E-state index contributed by atoms with van der Waals surface area (Å²) in [6, 6.07) is 18.6. The molecule has 1 heterocycles.